The zero-order valence-corrected chi connectivity index (χ0v) is 8.54. The molecule has 0 amide bonds. The van der Waals surface area contributed by atoms with Crippen molar-refractivity contribution in [1.82, 2.24) is 25.1 Å². The van der Waals surface area contributed by atoms with Crippen molar-refractivity contribution in [3.63, 3.8) is 0 Å². The molecule has 0 saturated carbocycles. The highest BCUT2D eigenvalue weighted by Crippen LogP contribution is 2.20. The van der Waals surface area contributed by atoms with E-state index in [-0.39, 0.29) is 0 Å². The molecule has 2 aromatic heterocycles. The zero-order valence-electron chi connectivity index (χ0n) is 6.20. The second kappa shape index (κ2) is 3.39. The second-order valence-electron chi connectivity index (χ2n) is 2.17. The van der Waals surface area contributed by atoms with E-state index in [4.69, 9.17) is 11.6 Å². The zero-order chi connectivity index (χ0) is 9.26. The third kappa shape index (κ3) is 1.68. The van der Waals surface area contributed by atoms with Crippen molar-refractivity contribution in [2.75, 3.05) is 0 Å². The fraction of sp³-hybridized carbons (Fsp3) is 0. The Morgan fingerprint density at radius 3 is 2.85 bits per heavy atom. The number of H-pyrrole nitrogens is 1. The minimum atomic E-state index is 0.349. The monoisotopic (exact) mass is 259 g/mol. The highest BCUT2D eigenvalue weighted by molar-refractivity contribution is 9.10. The lowest BCUT2D eigenvalue weighted by atomic mass is 10.5. The average molecular weight is 260 g/mol. The molecule has 0 bridgehead atoms. The Bertz CT molecular complexity index is 415. The van der Waals surface area contributed by atoms with Gasteiger partial charge in [0.05, 0.1) is 4.47 Å². The van der Waals surface area contributed by atoms with Gasteiger partial charge in [-0.05, 0) is 15.9 Å². The van der Waals surface area contributed by atoms with Crippen LogP contribution in [-0.4, -0.2) is 25.1 Å². The van der Waals surface area contributed by atoms with E-state index in [1.54, 1.807) is 6.20 Å². The van der Waals surface area contributed by atoms with Crippen molar-refractivity contribution in [3.8, 4) is 11.6 Å². The average Bonchev–Trinajstić information content (AvgIpc) is 2.62. The summed E-state index contributed by atoms with van der Waals surface area (Å²) >= 11 is 8.96. The van der Waals surface area contributed by atoms with E-state index in [0.29, 0.717) is 21.3 Å². The summed E-state index contributed by atoms with van der Waals surface area (Å²) in [6, 6.07) is 0. The molecule has 0 aliphatic rings. The third-order valence-corrected chi connectivity index (χ3v) is 2.42. The lowest BCUT2D eigenvalue weighted by molar-refractivity contribution is 1.06. The number of nitrogens with zero attached hydrogens (tertiary/aromatic N) is 4. The summed E-state index contributed by atoms with van der Waals surface area (Å²) in [5.74, 6) is 0.917. The molecule has 0 aliphatic heterocycles. The maximum atomic E-state index is 5.77. The SMILES string of the molecule is Clc1nc(-c2ncn[nH]2)ncc1Br. The van der Waals surface area contributed by atoms with E-state index in [0.717, 1.165) is 0 Å². The van der Waals surface area contributed by atoms with Crippen molar-refractivity contribution >= 4 is 27.5 Å². The third-order valence-electron chi connectivity index (χ3n) is 1.33. The standard InChI is InChI=1S/C6H3BrClN5/c7-3-1-9-5(12-4(3)8)6-10-2-11-13-6/h1-2H,(H,10,11,13). The second-order valence-corrected chi connectivity index (χ2v) is 3.38. The molecule has 13 heavy (non-hydrogen) atoms. The lowest BCUT2D eigenvalue weighted by Gasteiger charge is -1.96. The molecule has 7 heteroatoms. The van der Waals surface area contributed by atoms with E-state index >= 15 is 0 Å². The molecular formula is C6H3BrClN5. The molecule has 0 fully saturated rings. The summed E-state index contributed by atoms with van der Waals surface area (Å²) in [4.78, 5) is 11.9. The number of rotatable bonds is 1. The van der Waals surface area contributed by atoms with Crippen LogP contribution in [0.1, 0.15) is 0 Å². The predicted molar refractivity (Wildman–Crippen MR) is 50.1 cm³/mol. The van der Waals surface area contributed by atoms with E-state index < -0.39 is 0 Å². The normalized spacial score (nSPS) is 10.3. The van der Waals surface area contributed by atoms with Gasteiger partial charge in [0.1, 0.15) is 11.5 Å². The van der Waals surface area contributed by atoms with E-state index in [2.05, 4.69) is 41.1 Å². The van der Waals surface area contributed by atoms with Gasteiger partial charge in [0.15, 0.2) is 11.6 Å². The van der Waals surface area contributed by atoms with E-state index in [9.17, 15) is 0 Å². The van der Waals surface area contributed by atoms with Crippen LogP contribution in [0.2, 0.25) is 5.15 Å². The quantitative estimate of drug-likeness (QED) is 0.792. The number of nitrogens with one attached hydrogen (secondary N) is 1. The van der Waals surface area contributed by atoms with Crippen LogP contribution in [0, 0.1) is 0 Å². The van der Waals surface area contributed by atoms with Crippen molar-refractivity contribution in [2.45, 2.75) is 0 Å². The van der Waals surface area contributed by atoms with Crippen LogP contribution in [0.25, 0.3) is 11.6 Å². The molecule has 0 saturated heterocycles. The smallest absolute Gasteiger partial charge is 0.198 e. The van der Waals surface area contributed by atoms with Gasteiger partial charge < -0.3 is 0 Å². The summed E-state index contributed by atoms with van der Waals surface area (Å²) in [6.07, 6.45) is 2.95. The number of halogens is 2. The van der Waals surface area contributed by atoms with Crippen LogP contribution in [0.15, 0.2) is 17.0 Å². The minimum Gasteiger partial charge on any atom is -0.257 e. The number of aromatic nitrogens is 5. The highest BCUT2D eigenvalue weighted by atomic mass is 79.9. The number of aromatic amines is 1. The highest BCUT2D eigenvalue weighted by Gasteiger charge is 2.06. The fourth-order valence-corrected chi connectivity index (χ4v) is 1.09. The summed E-state index contributed by atoms with van der Waals surface area (Å²) in [7, 11) is 0. The molecule has 0 unspecified atom stereocenters. The van der Waals surface area contributed by atoms with Crippen molar-refractivity contribution in [1.29, 1.82) is 0 Å². The van der Waals surface area contributed by atoms with Crippen LogP contribution in [0.4, 0.5) is 0 Å². The van der Waals surface area contributed by atoms with Crippen molar-refractivity contribution < 1.29 is 0 Å². The van der Waals surface area contributed by atoms with Gasteiger partial charge >= 0.3 is 0 Å². The molecule has 2 rings (SSSR count). The van der Waals surface area contributed by atoms with Crippen molar-refractivity contribution in [2.24, 2.45) is 0 Å². The topological polar surface area (TPSA) is 67.3 Å². The van der Waals surface area contributed by atoms with Crippen LogP contribution >= 0.6 is 27.5 Å². The minimum absolute atomic E-state index is 0.349. The maximum absolute atomic E-state index is 5.77. The molecule has 66 valence electrons. The molecule has 2 aromatic rings. The number of hydrogen-bond acceptors (Lipinski definition) is 4. The molecular weight excluding hydrogens is 257 g/mol. The molecule has 1 N–H and O–H groups in total. The molecule has 0 spiro atoms. The molecule has 0 aliphatic carbocycles. The molecule has 0 aromatic carbocycles. The van der Waals surface area contributed by atoms with Gasteiger partial charge in [0, 0.05) is 6.20 Å². The van der Waals surface area contributed by atoms with Gasteiger partial charge in [-0.15, -0.1) is 0 Å². The Labute approximate surface area is 86.7 Å². The Morgan fingerprint density at radius 2 is 2.23 bits per heavy atom. The first kappa shape index (κ1) is 8.58. The summed E-state index contributed by atoms with van der Waals surface area (Å²) < 4.78 is 0.650. The summed E-state index contributed by atoms with van der Waals surface area (Å²) in [6.45, 7) is 0. The van der Waals surface area contributed by atoms with Crippen LogP contribution < -0.4 is 0 Å². The molecule has 5 nitrogen and oxygen atoms in total. The van der Waals surface area contributed by atoms with Gasteiger partial charge in [-0.3, -0.25) is 5.10 Å². The summed E-state index contributed by atoms with van der Waals surface area (Å²) in [5, 5.41) is 6.67. The number of hydrogen-bond donors (Lipinski definition) is 1. The predicted octanol–water partition coefficient (Wildman–Crippen LogP) is 1.68. The molecule has 0 radical (unpaired) electrons. The van der Waals surface area contributed by atoms with Gasteiger partial charge in [0.2, 0.25) is 0 Å². The summed E-state index contributed by atoms with van der Waals surface area (Å²) in [5.41, 5.74) is 0. The van der Waals surface area contributed by atoms with Gasteiger partial charge in [-0.2, -0.15) is 5.10 Å². The van der Waals surface area contributed by atoms with E-state index in [1.165, 1.54) is 6.33 Å². The first-order valence-corrected chi connectivity index (χ1v) is 4.48. The Balaban J connectivity index is 2.49. The van der Waals surface area contributed by atoms with E-state index in [1.807, 2.05) is 0 Å². The van der Waals surface area contributed by atoms with Gasteiger partial charge in [-0.1, -0.05) is 11.6 Å². The molecule has 0 atom stereocenters. The lowest BCUT2D eigenvalue weighted by Crippen LogP contribution is -1.91. The van der Waals surface area contributed by atoms with Crippen LogP contribution in [-0.2, 0) is 0 Å². The van der Waals surface area contributed by atoms with Gasteiger partial charge in [-0.25, -0.2) is 15.0 Å². The van der Waals surface area contributed by atoms with Crippen LogP contribution in [0.5, 0.6) is 0 Å². The maximum Gasteiger partial charge on any atom is 0.198 e. The Kier molecular flexibility index (Phi) is 2.24. The largest absolute Gasteiger partial charge is 0.257 e. The Morgan fingerprint density at radius 1 is 1.38 bits per heavy atom. The molecule has 2 heterocycles. The van der Waals surface area contributed by atoms with Crippen molar-refractivity contribution in [3.05, 3.63) is 22.1 Å². The fourth-order valence-electron chi connectivity index (χ4n) is 0.774. The first-order valence-electron chi connectivity index (χ1n) is 3.31. The van der Waals surface area contributed by atoms with Crippen LogP contribution in [0.3, 0.4) is 0 Å². The first-order chi connectivity index (χ1) is 6.27. The van der Waals surface area contributed by atoms with Gasteiger partial charge in [0.25, 0.3) is 0 Å². The Hall–Kier alpha value is -1.01.